The van der Waals surface area contributed by atoms with E-state index in [4.69, 9.17) is 0 Å². The van der Waals surface area contributed by atoms with Crippen molar-refractivity contribution in [3.63, 3.8) is 0 Å². The molecule has 1 amide bonds. The van der Waals surface area contributed by atoms with Gasteiger partial charge >= 0.3 is 0 Å². The third-order valence-electron chi connectivity index (χ3n) is 4.99. The van der Waals surface area contributed by atoms with Gasteiger partial charge in [-0.2, -0.15) is 0 Å². The molecule has 2 heterocycles. The quantitative estimate of drug-likeness (QED) is 0.739. The molecule has 0 bridgehead atoms. The highest BCUT2D eigenvalue weighted by Gasteiger charge is 2.26. The first-order chi connectivity index (χ1) is 13.6. The van der Waals surface area contributed by atoms with Crippen molar-refractivity contribution < 1.29 is 4.79 Å². The van der Waals surface area contributed by atoms with Crippen LogP contribution >= 0.6 is 0 Å². The Labute approximate surface area is 163 Å². The number of aromatic amines is 1. The van der Waals surface area contributed by atoms with Crippen LogP contribution in [0.5, 0.6) is 0 Å². The zero-order valence-corrected chi connectivity index (χ0v) is 15.7. The monoisotopic (exact) mass is 374 g/mol. The molecule has 0 saturated carbocycles. The van der Waals surface area contributed by atoms with E-state index in [1.54, 1.807) is 4.90 Å². The SMILES string of the molecule is Cc1cccc(-c2ncc(C(=O)N3CCN[C@H](c4ccccc4)C3)c(=O)[nH]2)c1. The van der Waals surface area contributed by atoms with Gasteiger partial charge in [0.2, 0.25) is 0 Å². The molecule has 3 aromatic rings. The lowest BCUT2D eigenvalue weighted by atomic mass is 10.0. The highest BCUT2D eigenvalue weighted by molar-refractivity contribution is 5.93. The lowest BCUT2D eigenvalue weighted by molar-refractivity contribution is 0.0700. The van der Waals surface area contributed by atoms with Gasteiger partial charge in [0.1, 0.15) is 11.4 Å². The molecule has 1 aromatic heterocycles. The minimum Gasteiger partial charge on any atom is -0.335 e. The minimum atomic E-state index is -0.411. The van der Waals surface area contributed by atoms with Crippen LogP contribution in [0, 0.1) is 6.92 Å². The van der Waals surface area contributed by atoms with E-state index < -0.39 is 5.56 Å². The minimum absolute atomic E-state index is 0.0532. The number of hydrogen-bond donors (Lipinski definition) is 2. The summed E-state index contributed by atoms with van der Waals surface area (Å²) in [7, 11) is 0. The van der Waals surface area contributed by atoms with E-state index in [0.717, 1.165) is 16.7 Å². The molecule has 6 nitrogen and oxygen atoms in total. The van der Waals surface area contributed by atoms with Crippen molar-refractivity contribution in [2.75, 3.05) is 19.6 Å². The summed E-state index contributed by atoms with van der Waals surface area (Å²) in [4.78, 5) is 34.3. The number of aromatic nitrogens is 2. The molecule has 0 radical (unpaired) electrons. The summed E-state index contributed by atoms with van der Waals surface area (Å²) in [5, 5.41) is 3.43. The van der Waals surface area contributed by atoms with Gasteiger partial charge in [0.05, 0.1) is 0 Å². The van der Waals surface area contributed by atoms with Crippen LogP contribution in [0.15, 0.2) is 65.6 Å². The second kappa shape index (κ2) is 7.78. The number of hydrogen-bond acceptors (Lipinski definition) is 4. The van der Waals surface area contributed by atoms with Crippen molar-refractivity contribution in [3.8, 4) is 11.4 Å². The predicted molar refractivity (Wildman–Crippen MR) is 108 cm³/mol. The first-order valence-corrected chi connectivity index (χ1v) is 9.36. The zero-order chi connectivity index (χ0) is 19.5. The molecule has 1 atom stereocenters. The lowest BCUT2D eigenvalue weighted by Crippen LogP contribution is -2.49. The number of rotatable bonds is 3. The van der Waals surface area contributed by atoms with Crippen molar-refractivity contribution >= 4 is 5.91 Å². The maximum absolute atomic E-state index is 12.9. The lowest BCUT2D eigenvalue weighted by Gasteiger charge is -2.33. The Bertz CT molecular complexity index is 1050. The normalized spacial score (nSPS) is 16.8. The Hall–Kier alpha value is -3.25. The third kappa shape index (κ3) is 3.73. The van der Waals surface area contributed by atoms with Crippen LogP contribution in [0.3, 0.4) is 0 Å². The highest BCUT2D eigenvalue weighted by Crippen LogP contribution is 2.19. The fourth-order valence-electron chi connectivity index (χ4n) is 3.50. The van der Waals surface area contributed by atoms with E-state index in [1.165, 1.54) is 6.20 Å². The van der Waals surface area contributed by atoms with E-state index >= 15 is 0 Å². The van der Waals surface area contributed by atoms with Crippen LogP contribution in [0.4, 0.5) is 0 Å². The number of aryl methyl sites for hydroxylation is 1. The van der Waals surface area contributed by atoms with E-state index in [-0.39, 0.29) is 17.5 Å². The predicted octanol–water partition coefficient (Wildman–Crippen LogP) is 2.53. The van der Waals surface area contributed by atoms with E-state index in [2.05, 4.69) is 15.3 Å². The first-order valence-electron chi connectivity index (χ1n) is 9.36. The Morgan fingerprint density at radius 1 is 1.14 bits per heavy atom. The molecular weight excluding hydrogens is 352 g/mol. The number of carbonyl (C=O) groups excluding carboxylic acids is 1. The van der Waals surface area contributed by atoms with E-state index in [0.29, 0.717) is 25.5 Å². The molecule has 0 spiro atoms. The molecule has 1 aliphatic rings. The molecule has 4 rings (SSSR count). The highest BCUT2D eigenvalue weighted by atomic mass is 16.2. The van der Waals surface area contributed by atoms with E-state index in [1.807, 2.05) is 61.5 Å². The number of piperazine rings is 1. The third-order valence-corrected chi connectivity index (χ3v) is 4.99. The Morgan fingerprint density at radius 2 is 1.96 bits per heavy atom. The van der Waals surface area contributed by atoms with Crippen LogP contribution in [-0.2, 0) is 0 Å². The molecule has 2 aromatic carbocycles. The maximum atomic E-state index is 12.9. The molecule has 1 aliphatic heterocycles. The average molecular weight is 374 g/mol. The van der Waals surface area contributed by atoms with Crippen LogP contribution < -0.4 is 10.9 Å². The second-order valence-electron chi connectivity index (χ2n) is 7.01. The summed E-state index contributed by atoms with van der Waals surface area (Å²) in [5.41, 5.74) is 2.69. The van der Waals surface area contributed by atoms with Gasteiger partial charge in [-0.15, -0.1) is 0 Å². The number of H-pyrrole nitrogens is 1. The maximum Gasteiger partial charge on any atom is 0.264 e. The number of benzene rings is 2. The average Bonchev–Trinajstić information content (AvgIpc) is 2.74. The Morgan fingerprint density at radius 3 is 2.71 bits per heavy atom. The summed E-state index contributed by atoms with van der Waals surface area (Å²) in [6.07, 6.45) is 1.39. The van der Waals surface area contributed by atoms with Crippen molar-refractivity contribution in [1.82, 2.24) is 20.2 Å². The van der Waals surface area contributed by atoms with E-state index in [9.17, 15) is 9.59 Å². The second-order valence-corrected chi connectivity index (χ2v) is 7.01. The summed E-state index contributed by atoms with van der Waals surface area (Å²) < 4.78 is 0. The molecule has 1 fully saturated rings. The van der Waals surface area contributed by atoms with Gasteiger partial charge < -0.3 is 15.2 Å². The fraction of sp³-hybridized carbons (Fsp3) is 0.227. The standard InChI is InChI=1S/C22H22N4O2/c1-15-6-5-9-17(12-15)20-24-13-18(21(27)25-20)22(28)26-11-10-23-19(14-26)16-7-3-2-4-8-16/h2-9,12-13,19,23H,10-11,14H2,1H3,(H,24,25,27)/t19-/m0/s1. The molecule has 2 N–H and O–H groups in total. The van der Waals surface area contributed by atoms with Gasteiger partial charge in [-0.1, -0.05) is 54.1 Å². The largest absolute Gasteiger partial charge is 0.335 e. The Balaban J connectivity index is 1.55. The van der Waals surface area contributed by atoms with Crippen LogP contribution in [0.25, 0.3) is 11.4 Å². The topological polar surface area (TPSA) is 78.1 Å². The van der Waals surface area contributed by atoms with Gasteiger partial charge in [-0.25, -0.2) is 4.98 Å². The first kappa shape index (κ1) is 18.1. The van der Waals surface area contributed by atoms with Gasteiger partial charge in [0.15, 0.2) is 0 Å². The molecule has 0 aliphatic carbocycles. The van der Waals surface area contributed by atoms with Crippen LogP contribution in [0.2, 0.25) is 0 Å². The van der Waals surface area contributed by atoms with Gasteiger partial charge in [0.25, 0.3) is 11.5 Å². The smallest absolute Gasteiger partial charge is 0.264 e. The summed E-state index contributed by atoms with van der Waals surface area (Å²) in [6.45, 7) is 3.73. The zero-order valence-electron chi connectivity index (χ0n) is 15.7. The summed E-state index contributed by atoms with van der Waals surface area (Å²) in [5.74, 6) is 0.180. The fourth-order valence-corrected chi connectivity index (χ4v) is 3.50. The number of nitrogens with zero attached hydrogens (tertiary/aromatic N) is 2. The Kier molecular flexibility index (Phi) is 5.04. The van der Waals surface area contributed by atoms with Crippen molar-refractivity contribution in [2.24, 2.45) is 0 Å². The van der Waals surface area contributed by atoms with Crippen LogP contribution in [-0.4, -0.2) is 40.4 Å². The molecular formula is C22H22N4O2. The summed E-state index contributed by atoms with van der Waals surface area (Å²) >= 11 is 0. The number of nitrogens with one attached hydrogen (secondary N) is 2. The molecule has 1 saturated heterocycles. The number of carbonyl (C=O) groups is 1. The number of amides is 1. The van der Waals surface area contributed by atoms with Crippen molar-refractivity contribution in [2.45, 2.75) is 13.0 Å². The molecule has 6 heteroatoms. The van der Waals surface area contributed by atoms with Crippen LogP contribution in [0.1, 0.15) is 27.5 Å². The van der Waals surface area contributed by atoms with Gasteiger partial charge in [-0.3, -0.25) is 9.59 Å². The van der Waals surface area contributed by atoms with Crippen molar-refractivity contribution in [3.05, 3.63) is 87.8 Å². The molecule has 0 unspecified atom stereocenters. The van der Waals surface area contributed by atoms with Gasteiger partial charge in [0, 0.05) is 37.4 Å². The molecule has 142 valence electrons. The van der Waals surface area contributed by atoms with Gasteiger partial charge in [-0.05, 0) is 18.6 Å². The molecule has 28 heavy (non-hydrogen) atoms. The van der Waals surface area contributed by atoms with Crippen molar-refractivity contribution in [1.29, 1.82) is 0 Å². The summed E-state index contributed by atoms with van der Waals surface area (Å²) in [6, 6.07) is 17.8.